The minimum Gasteiger partial charge on any atom is -0.321 e. The first-order valence-corrected chi connectivity index (χ1v) is 5.47. The van der Waals surface area contributed by atoms with Crippen molar-refractivity contribution in [2.75, 3.05) is 0 Å². The van der Waals surface area contributed by atoms with Crippen molar-refractivity contribution in [3.8, 4) is 0 Å². The standard InChI is InChI=1S/C13H20FN/c1-5-13(15,9(2)3)11-8-10(4)6-7-12(11)14/h6-9H,5,15H2,1-4H3. The molecule has 0 heterocycles. The maximum Gasteiger partial charge on any atom is 0.128 e. The van der Waals surface area contributed by atoms with Gasteiger partial charge in [0.2, 0.25) is 0 Å². The highest BCUT2D eigenvalue weighted by atomic mass is 19.1. The molecule has 1 atom stereocenters. The average molecular weight is 209 g/mol. The molecule has 84 valence electrons. The Morgan fingerprint density at radius 3 is 2.47 bits per heavy atom. The van der Waals surface area contributed by atoms with Crippen LogP contribution in [0.15, 0.2) is 18.2 Å². The van der Waals surface area contributed by atoms with Crippen LogP contribution in [0.5, 0.6) is 0 Å². The SMILES string of the molecule is CCC(N)(c1cc(C)ccc1F)C(C)C. The van der Waals surface area contributed by atoms with Crippen molar-refractivity contribution in [3.63, 3.8) is 0 Å². The summed E-state index contributed by atoms with van der Waals surface area (Å²) in [6.07, 6.45) is 0.741. The molecule has 1 aromatic rings. The second kappa shape index (κ2) is 4.31. The molecule has 1 nitrogen and oxygen atoms in total. The lowest BCUT2D eigenvalue weighted by molar-refractivity contribution is 0.295. The van der Waals surface area contributed by atoms with Crippen molar-refractivity contribution in [2.45, 2.75) is 39.7 Å². The molecule has 0 fully saturated rings. The third kappa shape index (κ3) is 2.20. The van der Waals surface area contributed by atoms with E-state index in [9.17, 15) is 4.39 Å². The molecule has 15 heavy (non-hydrogen) atoms. The largest absolute Gasteiger partial charge is 0.321 e. The highest BCUT2D eigenvalue weighted by molar-refractivity contribution is 5.30. The van der Waals surface area contributed by atoms with Crippen LogP contribution in [0.25, 0.3) is 0 Å². The summed E-state index contributed by atoms with van der Waals surface area (Å²) >= 11 is 0. The van der Waals surface area contributed by atoms with E-state index in [-0.39, 0.29) is 11.7 Å². The Hall–Kier alpha value is -0.890. The van der Waals surface area contributed by atoms with Crippen molar-refractivity contribution in [3.05, 3.63) is 35.1 Å². The van der Waals surface area contributed by atoms with E-state index in [1.807, 2.05) is 33.8 Å². The molecule has 1 aromatic carbocycles. The minimum absolute atomic E-state index is 0.196. The normalized spacial score (nSPS) is 15.4. The number of aryl methyl sites for hydroxylation is 1. The van der Waals surface area contributed by atoms with Crippen molar-refractivity contribution >= 4 is 0 Å². The molecule has 0 aliphatic rings. The van der Waals surface area contributed by atoms with Crippen molar-refractivity contribution in [1.82, 2.24) is 0 Å². The number of benzene rings is 1. The maximum atomic E-state index is 13.7. The molecule has 0 saturated heterocycles. The van der Waals surface area contributed by atoms with Crippen LogP contribution in [-0.2, 0) is 5.54 Å². The molecule has 0 aromatic heterocycles. The molecule has 0 aliphatic heterocycles. The minimum atomic E-state index is -0.559. The Morgan fingerprint density at radius 2 is 2.00 bits per heavy atom. The van der Waals surface area contributed by atoms with Crippen LogP contribution < -0.4 is 5.73 Å². The van der Waals surface area contributed by atoms with Crippen LogP contribution in [0.4, 0.5) is 4.39 Å². The number of hydrogen-bond donors (Lipinski definition) is 1. The van der Waals surface area contributed by atoms with Crippen LogP contribution in [0.2, 0.25) is 0 Å². The molecule has 0 bridgehead atoms. The van der Waals surface area contributed by atoms with Crippen LogP contribution in [-0.4, -0.2) is 0 Å². The number of rotatable bonds is 3. The highest BCUT2D eigenvalue weighted by Crippen LogP contribution is 2.32. The molecule has 0 amide bonds. The lowest BCUT2D eigenvalue weighted by atomic mass is 9.78. The van der Waals surface area contributed by atoms with Gasteiger partial charge in [-0.1, -0.05) is 38.5 Å². The molecule has 2 N–H and O–H groups in total. The van der Waals surface area contributed by atoms with Gasteiger partial charge in [0.15, 0.2) is 0 Å². The third-order valence-corrected chi connectivity index (χ3v) is 3.24. The summed E-state index contributed by atoms with van der Waals surface area (Å²) in [5.41, 5.74) is 7.42. The maximum absolute atomic E-state index is 13.7. The van der Waals surface area contributed by atoms with Gasteiger partial charge in [0.25, 0.3) is 0 Å². The first-order chi connectivity index (χ1) is 6.91. The van der Waals surface area contributed by atoms with E-state index in [2.05, 4.69) is 0 Å². The van der Waals surface area contributed by atoms with E-state index in [1.165, 1.54) is 6.07 Å². The van der Waals surface area contributed by atoms with E-state index < -0.39 is 5.54 Å². The lowest BCUT2D eigenvalue weighted by Crippen LogP contribution is -2.42. The molecule has 1 unspecified atom stereocenters. The second-order valence-electron chi connectivity index (χ2n) is 4.53. The Labute approximate surface area is 91.5 Å². The van der Waals surface area contributed by atoms with E-state index >= 15 is 0 Å². The van der Waals surface area contributed by atoms with Crippen LogP contribution in [0, 0.1) is 18.7 Å². The Balaban J connectivity index is 3.29. The molecule has 1 rings (SSSR count). The molecule has 0 saturated carbocycles. The van der Waals surface area contributed by atoms with E-state index in [0.717, 1.165) is 12.0 Å². The van der Waals surface area contributed by atoms with Gasteiger partial charge in [-0.15, -0.1) is 0 Å². The van der Waals surface area contributed by atoms with Gasteiger partial charge >= 0.3 is 0 Å². The predicted molar refractivity (Wildman–Crippen MR) is 62.1 cm³/mol. The fourth-order valence-electron chi connectivity index (χ4n) is 1.91. The van der Waals surface area contributed by atoms with Crippen LogP contribution in [0.3, 0.4) is 0 Å². The number of nitrogens with two attached hydrogens (primary N) is 1. The van der Waals surface area contributed by atoms with Gasteiger partial charge < -0.3 is 5.73 Å². The zero-order valence-electron chi connectivity index (χ0n) is 9.97. The van der Waals surface area contributed by atoms with Crippen molar-refractivity contribution in [1.29, 1.82) is 0 Å². The summed E-state index contributed by atoms with van der Waals surface area (Å²) in [4.78, 5) is 0. The molecular weight excluding hydrogens is 189 g/mol. The fraction of sp³-hybridized carbons (Fsp3) is 0.538. The molecular formula is C13H20FN. The summed E-state index contributed by atoms with van der Waals surface area (Å²) in [7, 11) is 0. The number of halogens is 1. The van der Waals surface area contributed by atoms with Crippen LogP contribution >= 0.6 is 0 Å². The zero-order valence-corrected chi connectivity index (χ0v) is 9.97. The van der Waals surface area contributed by atoms with Crippen molar-refractivity contribution < 1.29 is 4.39 Å². The smallest absolute Gasteiger partial charge is 0.128 e. The van der Waals surface area contributed by atoms with Gasteiger partial charge in [-0.05, 0) is 25.3 Å². The second-order valence-corrected chi connectivity index (χ2v) is 4.53. The Bertz CT molecular complexity index is 346. The van der Waals surface area contributed by atoms with Gasteiger partial charge in [0, 0.05) is 11.1 Å². The van der Waals surface area contributed by atoms with E-state index in [1.54, 1.807) is 6.07 Å². The summed E-state index contributed by atoms with van der Waals surface area (Å²) in [5.74, 6) is 0.0254. The first kappa shape index (κ1) is 12.2. The Kier molecular flexibility index (Phi) is 3.50. The first-order valence-electron chi connectivity index (χ1n) is 5.47. The third-order valence-electron chi connectivity index (χ3n) is 3.24. The fourth-order valence-corrected chi connectivity index (χ4v) is 1.91. The van der Waals surface area contributed by atoms with E-state index in [0.29, 0.717) is 5.56 Å². The topological polar surface area (TPSA) is 26.0 Å². The lowest BCUT2D eigenvalue weighted by Gasteiger charge is -2.33. The average Bonchev–Trinajstić information content (AvgIpc) is 2.20. The number of hydrogen-bond acceptors (Lipinski definition) is 1. The van der Waals surface area contributed by atoms with Crippen molar-refractivity contribution in [2.24, 2.45) is 11.7 Å². The zero-order chi connectivity index (χ0) is 11.6. The monoisotopic (exact) mass is 209 g/mol. The predicted octanol–water partition coefficient (Wildman–Crippen LogP) is 3.35. The van der Waals surface area contributed by atoms with Crippen LogP contribution in [0.1, 0.15) is 38.3 Å². The highest BCUT2D eigenvalue weighted by Gasteiger charge is 2.31. The Morgan fingerprint density at radius 1 is 1.40 bits per heavy atom. The van der Waals surface area contributed by atoms with Gasteiger partial charge in [-0.25, -0.2) is 4.39 Å². The van der Waals surface area contributed by atoms with E-state index in [4.69, 9.17) is 5.73 Å². The summed E-state index contributed by atoms with van der Waals surface area (Å²) < 4.78 is 13.7. The molecule has 0 radical (unpaired) electrons. The van der Waals surface area contributed by atoms with Gasteiger partial charge in [-0.2, -0.15) is 0 Å². The van der Waals surface area contributed by atoms with Gasteiger partial charge in [-0.3, -0.25) is 0 Å². The molecule has 0 aliphatic carbocycles. The summed E-state index contributed by atoms with van der Waals surface area (Å²) in [6.45, 7) is 8.03. The quantitative estimate of drug-likeness (QED) is 0.811. The molecule has 2 heteroatoms. The van der Waals surface area contributed by atoms with Gasteiger partial charge in [0.05, 0.1) is 0 Å². The van der Waals surface area contributed by atoms with Gasteiger partial charge in [0.1, 0.15) is 5.82 Å². The summed E-state index contributed by atoms with van der Waals surface area (Å²) in [5, 5.41) is 0. The summed E-state index contributed by atoms with van der Waals surface area (Å²) in [6, 6.07) is 5.14. The molecule has 0 spiro atoms.